The standard InChI is InChI=1S/C13H18O2/c1-10-8-9-14-13(15-10)11(2)12-6-4-3-5-7-12/h3-7,10-11,13H,8-9H2,1-2H3/t10-,11+,13-/m1/s1. The first-order chi connectivity index (χ1) is 7.27. The third-order valence-corrected chi connectivity index (χ3v) is 2.91. The van der Waals surface area contributed by atoms with Crippen LogP contribution in [0, 0.1) is 0 Å². The molecule has 0 unspecified atom stereocenters. The summed E-state index contributed by atoms with van der Waals surface area (Å²) >= 11 is 0. The number of rotatable bonds is 2. The van der Waals surface area contributed by atoms with E-state index in [-0.39, 0.29) is 6.29 Å². The fourth-order valence-electron chi connectivity index (χ4n) is 1.86. The minimum Gasteiger partial charge on any atom is -0.352 e. The van der Waals surface area contributed by atoms with E-state index in [1.54, 1.807) is 0 Å². The lowest BCUT2D eigenvalue weighted by Crippen LogP contribution is -2.34. The van der Waals surface area contributed by atoms with Crippen molar-refractivity contribution in [3.8, 4) is 0 Å². The molecule has 3 atom stereocenters. The molecule has 1 aliphatic heterocycles. The van der Waals surface area contributed by atoms with E-state index in [0.717, 1.165) is 13.0 Å². The highest BCUT2D eigenvalue weighted by atomic mass is 16.7. The van der Waals surface area contributed by atoms with Gasteiger partial charge in [-0.15, -0.1) is 0 Å². The van der Waals surface area contributed by atoms with E-state index in [2.05, 4.69) is 38.1 Å². The van der Waals surface area contributed by atoms with E-state index >= 15 is 0 Å². The molecular weight excluding hydrogens is 188 g/mol. The molecule has 0 bridgehead atoms. The molecule has 1 aliphatic rings. The van der Waals surface area contributed by atoms with Crippen LogP contribution in [0.25, 0.3) is 0 Å². The molecule has 2 rings (SSSR count). The molecule has 0 N–H and O–H groups in total. The molecule has 15 heavy (non-hydrogen) atoms. The van der Waals surface area contributed by atoms with E-state index in [9.17, 15) is 0 Å². The SMILES string of the molecule is C[C@@H]1CCO[C@@H]([C@@H](C)c2ccccc2)O1. The lowest BCUT2D eigenvalue weighted by molar-refractivity contribution is -0.216. The average Bonchev–Trinajstić information content (AvgIpc) is 2.29. The van der Waals surface area contributed by atoms with Gasteiger partial charge in [0, 0.05) is 5.92 Å². The van der Waals surface area contributed by atoms with Crippen molar-refractivity contribution in [1.29, 1.82) is 0 Å². The van der Waals surface area contributed by atoms with E-state index in [1.807, 2.05) is 6.07 Å². The zero-order valence-electron chi connectivity index (χ0n) is 9.35. The summed E-state index contributed by atoms with van der Waals surface area (Å²) in [6, 6.07) is 10.4. The van der Waals surface area contributed by atoms with E-state index in [0.29, 0.717) is 12.0 Å². The number of hydrogen-bond acceptors (Lipinski definition) is 2. The molecule has 82 valence electrons. The van der Waals surface area contributed by atoms with Gasteiger partial charge in [-0.3, -0.25) is 0 Å². The first-order valence-electron chi connectivity index (χ1n) is 5.59. The van der Waals surface area contributed by atoms with Gasteiger partial charge < -0.3 is 9.47 Å². The summed E-state index contributed by atoms with van der Waals surface area (Å²) in [5.41, 5.74) is 1.27. The molecule has 1 saturated heterocycles. The summed E-state index contributed by atoms with van der Waals surface area (Å²) in [6.45, 7) is 5.06. The van der Waals surface area contributed by atoms with Gasteiger partial charge in [0.05, 0.1) is 12.7 Å². The minimum absolute atomic E-state index is 0.0869. The van der Waals surface area contributed by atoms with Crippen LogP contribution in [0.5, 0.6) is 0 Å². The van der Waals surface area contributed by atoms with Gasteiger partial charge in [0.2, 0.25) is 0 Å². The summed E-state index contributed by atoms with van der Waals surface area (Å²) in [5.74, 6) is 0.300. The van der Waals surface area contributed by atoms with Gasteiger partial charge in [0.15, 0.2) is 6.29 Å². The molecule has 1 fully saturated rings. The normalized spacial score (nSPS) is 28.7. The van der Waals surface area contributed by atoms with Crippen LogP contribution in [-0.4, -0.2) is 19.0 Å². The molecule has 0 aliphatic carbocycles. The van der Waals surface area contributed by atoms with Crippen molar-refractivity contribution in [3.63, 3.8) is 0 Å². The van der Waals surface area contributed by atoms with Crippen LogP contribution in [0.1, 0.15) is 31.7 Å². The zero-order valence-corrected chi connectivity index (χ0v) is 9.35. The minimum atomic E-state index is -0.0869. The second kappa shape index (κ2) is 4.77. The highest BCUT2D eigenvalue weighted by molar-refractivity contribution is 5.19. The Balaban J connectivity index is 2.04. The lowest BCUT2D eigenvalue weighted by atomic mass is 10.0. The van der Waals surface area contributed by atoms with E-state index < -0.39 is 0 Å². The predicted octanol–water partition coefficient (Wildman–Crippen LogP) is 2.94. The Kier molecular flexibility index (Phi) is 3.39. The maximum Gasteiger partial charge on any atom is 0.164 e. The Morgan fingerprint density at radius 2 is 2.00 bits per heavy atom. The Bertz CT molecular complexity index is 297. The summed E-state index contributed by atoms with van der Waals surface area (Å²) in [5, 5.41) is 0. The third-order valence-electron chi connectivity index (χ3n) is 2.91. The van der Waals surface area contributed by atoms with Gasteiger partial charge in [-0.1, -0.05) is 37.3 Å². The van der Waals surface area contributed by atoms with Gasteiger partial charge in [0.1, 0.15) is 0 Å². The molecule has 2 heteroatoms. The summed E-state index contributed by atoms with van der Waals surface area (Å²) in [6.07, 6.45) is 1.23. The fourth-order valence-corrected chi connectivity index (χ4v) is 1.86. The Morgan fingerprint density at radius 3 is 2.67 bits per heavy atom. The molecule has 1 aromatic carbocycles. The van der Waals surface area contributed by atoms with Crippen LogP contribution in [0.3, 0.4) is 0 Å². The first-order valence-corrected chi connectivity index (χ1v) is 5.59. The molecule has 0 aromatic heterocycles. The highest BCUT2D eigenvalue weighted by Crippen LogP contribution is 2.26. The number of hydrogen-bond donors (Lipinski definition) is 0. The second-order valence-corrected chi connectivity index (χ2v) is 4.17. The van der Waals surface area contributed by atoms with Crippen LogP contribution >= 0.6 is 0 Å². The molecule has 1 heterocycles. The van der Waals surface area contributed by atoms with Crippen LogP contribution in [-0.2, 0) is 9.47 Å². The largest absolute Gasteiger partial charge is 0.352 e. The van der Waals surface area contributed by atoms with Crippen molar-refractivity contribution in [2.75, 3.05) is 6.61 Å². The summed E-state index contributed by atoms with van der Waals surface area (Å²) in [4.78, 5) is 0. The third kappa shape index (κ3) is 2.58. The Morgan fingerprint density at radius 1 is 1.27 bits per heavy atom. The van der Waals surface area contributed by atoms with Gasteiger partial charge in [-0.25, -0.2) is 0 Å². The molecule has 2 nitrogen and oxygen atoms in total. The molecule has 1 aromatic rings. The first kappa shape index (κ1) is 10.7. The van der Waals surface area contributed by atoms with Crippen molar-refractivity contribution in [2.45, 2.75) is 38.6 Å². The van der Waals surface area contributed by atoms with Gasteiger partial charge in [0.25, 0.3) is 0 Å². The predicted molar refractivity (Wildman–Crippen MR) is 59.8 cm³/mol. The van der Waals surface area contributed by atoms with Crippen LogP contribution < -0.4 is 0 Å². The smallest absolute Gasteiger partial charge is 0.164 e. The zero-order chi connectivity index (χ0) is 10.7. The molecule has 0 amide bonds. The molecular formula is C13H18O2. The van der Waals surface area contributed by atoms with Gasteiger partial charge in [-0.2, -0.15) is 0 Å². The Labute approximate surface area is 91.2 Å². The summed E-state index contributed by atoms with van der Waals surface area (Å²) < 4.78 is 11.4. The lowest BCUT2D eigenvalue weighted by Gasteiger charge is -2.32. The fraction of sp³-hybridized carbons (Fsp3) is 0.538. The van der Waals surface area contributed by atoms with Crippen LogP contribution in [0.15, 0.2) is 30.3 Å². The second-order valence-electron chi connectivity index (χ2n) is 4.17. The van der Waals surface area contributed by atoms with Crippen molar-refractivity contribution in [2.24, 2.45) is 0 Å². The number of ether oxygens (including phenoxy) is 2. The van der Waals surface area contributed by atoms with Crippen molar-refractivity contribution < 1.29 is 9.47 Å². The molecule has 0 radical (unpaired) electrons. The van der Waals surface area contributed by atoms with Gasteiger partial charge in [-0.05, 0) is 18.9 Å². The van der Waals surface area contributed by atoms with Crippen molar-refractivity contribution >= 4 is 0 Å². The van der Waals surface area contributed by atoms with Crippen LogP contribution in [0.4, 0.5) is 0 Å². The van der Waals surface area contributed by atoms with E-state index in [4.69, 9.17) is 9.47 Å². The highest BCUT2D eigenvalue weighted by Gasteiger charge is 2.25. The maximum atomic E-state index is 5.78. The molecule has 0 spiro atoms. The monoisotopic (exact) mass is 206 g/mol. The topological polar surface area (TPSA) is 18.5 Å². The van der Waals surface area contributed by atoms with Crippen LogP contribution in [0.2, 0.25) is 0 Å². The Hall–Kier alpha value is -0.860. The quantitative estimate of drug-likeness (QED) is 0.740. The van der Waals surface area contributed by atoms with Gasteiger partial charge >= 0.3 is 0 Å². The van der Waals surface area contributed by atoms with Crippen molar-refractivity contribution in [3.05, 3.63) is 35.9 Å². The van der Waals surface area contributed by atoms with Crippen molar-refractivity contribution in [1.82, 2.24) is 0 Å². The average molecular weight is 206 g/mol. The molecule has 0 saturated carbocycles. The maximum absolute atomic E-state index is 5.78. The van der Waals surface area contributed by atoms with E-state index in [1.165, 1.54) is 5.56 Å². The summed E-state index contributed by atoms with van der Waals surface area (Å²) in [7, 11) is 0. The number of benzene rings is 1.